The Kier molecular flexibility index (Phi) is 7.27. The summed E-state index contributed by atoms with van der Waals surface area (Å²) in [5.74, 6) is 1.74. The van der Waals surface area contributed by atoms with E-state index >= 15 is 0 Å². The molecule has 0 spiro atoms. The number of nitrogens with one attached hydrogen (secondary N) is 1. The molecule has 1 heterocycles. The molecule has 3 rings (SSSR count). The van der Waals surface area contributed by atoms with Crippen LogP contribution in [0.4, 0.5) is 5.69 Å². The maximum Gasteiger partial charge on any atom is 0.232 e. The van der Waals surface area contributed by atoms with Crippen LogP contribution in [0, 0.1) is 0 Å². The summed E-state index contributed by atoms with van der Waals surface area (Å²) in [6.07, 6.45) is 1.73. The van der Waals surface area contributed by atoms with Crippen LogP contribution < -0.4 is 23.8 Å². The molecule has 1 unspecified atom stereocenters. The predicted octanol–water partition coefficient (Wildman–Crippen LogP) is 3.24. The van der Waals surface area contributed by atoms with Gasteiger partial charge < -0.3 is 19.5 Å². The predicted molar refractivity (Wildman–Crippen MR) is 118 cm³/mol. The highest BCUT2D eigenvalue weighted by Gasteiger charge is 2.21. The van der Waals surface area contributed by atoms with Gasteiger partial charge in [-0.15, -0.1) is 0 Å². The van der Waals surface area contributed by atoms with Crippen molar-refractivity contribution < 1.29 is 27.4 Å². The van der Waals surface area contributed by atoms with E-state index in [9.17, 15) is 13.2 Å². The van der Waals surface area contributed by atoms with Crippen LogP contribution in [0.5, 0.6) is 17.2 Å². The van der Waals surface area contributed by atoms with Crippen molar-refractivity contribution in [2.75, 3.05) is 30.5 Å². The molecule has 9 heteroatoms. The van der Waals surface area contributed by atoms with Gasteiger partial charge in [0, 0.05) is 19.0 Å². The van der Waals surface area contributed by atoms with Gasteiger partial charge in [0.15, 0.2) is 11.5 Å². The first-order valence-corrected chi connectivity index (χ1v) is 12.0. The molecule has 2 aromatic carbocycles. The van der Waals surface area contributed by atoms with Crippen molar-refractivity contribution in [3.05, 3.63) is 48.0 Å². The van der Waals surface area contributed by atoms with Crippen molar-refractivity contribution in [1.82, 2.24) is 5.32 Å². The van der Waals surface area contributed by atoms with Crippen molar-refractivity contribution in [1.29, 1.82) is 0 Å². The van der Waals surface area contributed by atoms with Crippen LogP contribution >= 0.6 is 0 Å². The number of carbonyl (C=O) groups is 1. The fourth-order valence-corrected chi connectivity index (χ4v) is 4.28. The Morgan fingerprint density at radius 1 is 1.16 bits per heavy atom. The third-order valence-corrected chi connectivity index (χ3v) is 6.07. The van der Waals surface area contributed by atoms with Crippen molar-refractivity contribution in [2.45, 2.75) is 32.7 Å². The van der Waals surface area contributed by atoms with Crippen LogP contribution in [0.2, 0.25) is 0 Å². The normalized spacial score (nSPS) is 13.5. The molecular formula is C22H28N2O6S. The first-order valence-electron chi connectivity index (χ1n) is 10.2. The van der Waals surface area contributed by atoms with Gasteiger partial charge in [0.05, 0.1) is 24.6 Å². The fraction of sp³-hybridized carbons (Fsp3) is 0.409. The van der Waals surface area contributed by atoms with Crippen molar-refractivity contribution >= 4 is 21.6 Å². The van der Waals surface area contributed by atoms with Crippen LogP contribution in [0.15, 0.2) is 42.5 Å². The lowest BCUT2D eigenvalue weighted by Gasteiger charge is -2.23. The van der Waals surface area contributed by atoms with Gasteiger partial charge in [0.2, 0.25) is 22.7 Å². The summed E-state index contributed by atoms with van der Waals surface area (Å²) < 4.78 is 41.9. The van der Waals surface area contributed by atoms with Gasteiger partial charge in [-0.1, -0.05) is 12.1 Å². The van der Waals surface area contributed by atoms with E-state index in [0.717, 1.165) is 17.6 Å². The van der Waals surface area contributed by atoms with Gasteiger partial charge in [-0.2, -0.15) is 0 Å². The first-order chi connectivity index (χ1) is 14.8. The number of hydrogen-bond donors (Lipinski definition) is 1. The lowest BCUT2D eigenvalue weighted by atomic mass is 10.1. The Bertz CT molecular complexity index is 1010. The van der Waals surface area contributed by atoms with Crippen LogP contribution in [-0.4, -0.2) is 40.5 Å². The van der Waals surface area contributed by atoms with E-state index in [2.05, 4.69) is 5.32 Å². The van der Waals surface area contributed by atoms with E-state index in [0.29, 0.717) is 30.2 Å². The lowest BCUT2D eigenvalue weighted by molar-refractivity contribution is -0.121. The average molecular weight is 449 g/mol. The number of anilines is 1. The minimum atomic E-state index is -3.51. The summed E-state index contributed by atoms with van der Waals surface area (Å²) in [5.41, 5.74) is 1.45. The quantitative estimate of drug-likeness (QED) is 0.600. The summed E-state index contributed by atoms with van der Waals surface area (Å²) >= 11 is 0. The largest absolute Gasteiger partial charge is 0.494 e. The minimum absolute atomic E-state index is 0.115. The molecule has 0 fully saturated rings. The third kappa shape index (κ3) is 6.04. The summed E-state index contributed by atoms with van der Waals surface area (Å²) in [5, 5.41) is 2.95. The number of rotatable bonds is 10. The van der Waals surface area contributed by atoms with Crippen molar-refractivity contribution in [3.63, 3.8) is 0 Å². The van der Waals surface area contributed by atoms with Gasteiger partial charge in [-0.05, 0) is 50.1 Å². The molecule has 1 N–H and O–H groups in total. The number of sulfonamides is 1. The number of benzene rings is 2. The maximum atomic E-state index is 12.4. The van der Waals surface area contributed by atoms with Gasteiger partial charge >= 0.3 is 0 Å². The number of amides is 1. The Morgan fingerprint density at radius 2 is 1.87 bits per heavy atom. The number of hydrogen-bond acceptors (Lipinski definition) is 6. The first kappa shape index (κ1) is 22.7. The van der Waals surface area contributed by atoms with Crippen LogP contribution in [0.3, 0.4) is 0 Å². The van der Waals surface area contributed by atoms with E-state index in [-0.39, 0.29) is 31.7 Å². The van der Waals surface area contributed by atoms with Crippen LogP contribution in [-0.2, 0) is 14.8 Å². The molecule has 31 heavy (non-hydrogen) atoms. The van der Waals surface area contributed by atoms with E-state index in [4.69, 9.17) is 14.2 Å². The molecule has 0 saturated carbocycles. The second kappa shape index (κ2) is 9.91. The van der Waals surface area contributed by atoms with E-state index in [1.807, 2.05) is 38.1 Å². The molecule has 1 aliphatic heterocycles. The second-order valence-corrected chi connectivity index (χ2v) is 9.17. The monoisotopic (exact) mass is 448 g/mol. The molecule has 0 aliphatic carbocycles. The minimum Gasteiger partial charge on any atom is -0.494 e. The molecule has 0 radical (unpaired) electrons. The molecule has 1 atom stereocenters. The highest BCUT2D eigenvalue weighted by molar-refractivity contribution is 7.92. The molecule has 2 aromatic rings. The topological polar surface area (TPSA) is 94.2 Å². The van der Waals surface area contributed by atoms with E-state index in [1.165, 1.54) is 4.31 Å². The van der Waals surface area contributed by atoms with Gasteiger partial charge in [-0.25, -0.2) is 8.42 Å². The summed E-state index contributed by atoms with van der Waals surface area (Å²) in [6, 6.07) is 12.4. The molecule has 0 saturated heterocycles. The molecular weight excluding hydrogens is 420 g/mol. The van der Waals surface area contributed by atoms with Gasteiger partial charge in [0.1, 0.15) is 5.75 Å². The average Bonchev–Trinajstić information content (AvgIpc) is 3.19. The van der Waals surface area contributed by atoms with E-state index in [1.54, 1.807) is 18.2 Å². The Hall–Kier alpha value is -2.94. The SMILES string of the molecule is CCOc1ccc(C(C)NC(=O)CCCN(c2ccc3c(c2)OCO3)S(C)(=O)=O)cc1. The molecule has 168 valence electrons. The molecule has 1 aliphatic rings. The van der Waals surface area contributed by atoms with Crippen LogP contribution in [0.25, 0.3) is 0 Å². The Labute approximate surface area is 183 Å². The Morgan fingerprint density at radius 3 is 2.55 bits per heavy atom. The zero-order chi connectivity index (χ0) is 22.4. The lowest BCUT2D eigenvalue weighted by Crippen LogP contribution is -2.32. The highest BCUT2D eigenvalue weighted by atomic mass is 32.2. The number of ether oxygens (including phenoxy) is 3. The third-order valence-electron chi connectivity index (χ3n) is 4.88. The molecule has 8 nitrogen and oxygen atoms in total. The number of carbonyl (C=O) groups excluding carboxylic acids is 1. The number of nitrogens with zero attached hydrogens (tertiary/aromatic N) is 1. The van der Waals surface area contributed by atoms with Crippen molar-refractivity contribution in [3.8, 4) is 17.2 Å². The standard InChI is InChI=1S/C22H28N2O6S/c1-4-28-19-10-7-17(8-11-19)16(2)23-22(25)6-5-13-24(31(3,26)27)18-9-12-20-21(14-18)30-15-29-20/h7-12,14,16H,4-6,13,15H2,1-3H3,(H,23,25). The number of fused-ring (bicyclic) bond motifs is 1. The fourth-order valence-electron chi connectivity index (χ4n) is 3.33. The molecule has 0 bridgehead atoms. The summed E-state index contributed by atoms with van der Waals surface area (Å²) in [7, 11) is -3.51. The second-order valence-electron chi connectivity index (χ2n) is 7.27. The Balaban J connectivity index is 1.54. The maximum absolute atomic E-state index is 12.4. The summed E-state index contributed by atoms with van der Waals surface area (Å²) in [6.45, 7) is 4.73. The smallest absolute Gasteiger partial charge is 0.232 e. The summed E-state index contributed by atoms with van der Waals surface area (Å²) in [4.78, 5) is 12.4. The van der Waals surface area contributed by atoms with E-state index < -0.39 is 10.0 Å². The van der Waals surface area contributed by atoms with Crippen molar-refractivity contribution in [2.24, 2.45) is 0 Å². The zero-order valence-corrected chi connectivity index (χ0v) is 18.8. The molecule has 0 aromatic heterocycles. The van der Waals surface area contributed by atoms with Crippen LogP contribution in [0.1, 0.15) is 38.3 Å². The zero-order valence-electron chi connectivity index (χ0n) is 18.0. The highest BCUT2D eigenvalue weighted by Crippen LogP contribution is 2.36. The van der Waals surface area contributed by atoms with Gasteiger partial charge in [0.25, 0.3) is 0 Å². The van der Waals surface area contributed by atoms with Gasteiger partial charge in [-0.3, -0.25) is 9.10 Å². The molecule has 1 amide bonds.